The lowest BCUT2D eigenvalue weighted by Gasteiger charge is -2.36. The normalized spacial score (nSPS) is 18.5. The molecule has 0 unspecified atom stereocenters. The van der Waals surface area contributed by atoms with E-state index in [9.17, 15) is 4.79 Å². The van der Waals surface area contributed by atoms with Gasteiger partial charge in [-0.15, -0.1) is 0 Å². The fourth-order valence-corrected chi connectivity index (χ4v) is 3.13. The Morgan fingerprint density at radius 2 is 2.26 bits per heavy atom. The number of aryl methyl sites for hydroxylation is 1. The molecule has 0 aliphatic carbocycles. The molecule has 0 aromatic carbocycles. The molecule has 3 aromatic heterocycles. The average Bonchev–Trinajstić information content (AvgIpc) is 3.22. The van der Waals surface area contributed by atoms with Gasteiger partial charge in [0.15, 0.2) is 0 Å². The summed E-state index contributed by atoms with van der Waals surface area (Å²) in [4.78, 5) is 19.0. The van der Waals surface area contributed by atoms with Gasteiger partial charge in [-0.25, -0.2) is 4.98 Å². The third-order valence-corrected chi connectivity index (χ3v) is 4.38. The first-order valence-corrected chi connectivity index (χ1v) is 7.66. The van der Waals surface area contributed by atoms with Crippen LogP contribution < -0.4 is 0 Å². The van der Waals surface area contributed by atoms with Crippen LogP contribution in [-0.2, 0) is 11.8 Å². The quantitative estimate of drug-likeness (QED) is 0.726. The minimum Gasteiger partial charge on any atom is -0.377 e. The molecule has 4 rings (SSSR count). The minimum atomic E-state index is -0.0580. The van der Waals surface area contributed by atoms with E-state index in [2.05, 4.69) is 4.98 Å². The highest BCUT2D eigenvalue weighted by atomic mass is 16.5. The van der Waals surface area contributed by atoms with Gasteiger partial charge in [0, 0.05) is 37.2 Å². The van der Waals surface area contributed by atoms with Crippen LogP contribution in [0.25, 0.3) is 5.52 Å². The lowest BCUT2D eigenvalue weighted by Crippen LogP contribution is -2.44. The fraction of sp³-hybridized carbons (Fsp3) is 0.294. The molecule has 0 bridgehead atoms. The van der Waals surface area contributed by atoms with Crippen LogP contribution in [0.2, 0.25) is 0 Å². The maximum absolute atomic E-state index is 13.0. The molecule has 23 heavy (non-hydrogen) atoms. The van der Waals surface area contributed by atoms with Crippen molar-refractivity contribution in [2.75, 3.05) is 19.8 Å². The van der Waals surface area contributed by atoms with Crippen molar-refractivity contribution in [2.45, 2.75) is 6.04 Å². The maximum atomic E-state index is 13.0. The van der Waals surface area contributed by atoms with Crippen molar-refractivity contribution in [3.05, 3.63) is 60.4 Å². The van der Waals surface area contributed by atoms with Crippen LogP contribution in [0.4, 0.5) is 0 Å². The highest BCUT2D eigenvalue weighted by molar-refractivity contribution is 5.95. The summed E-state index contributed by atoms with van der Waals surface area (Å²) < 4.78 is 9.55. The van der Waals surface area contributed by atoms with Gasteiger partial charge in [0.2, 0.25) is 0 Å². The number of nitrogens with zero attached hydrogens (tertiary/aromatic N) is 4. The van der Waals surface area contributed by atoms with E-state index in [0.29, 0.717) is 25.3 Å². The molecule has 1 aliphatic heterocycles. The number of rotatable bonds is 2. The van der Waals surface area contributed by atoms with Crippen molar-refractivity contribution < 1.29 is 9.53 Å². The number of hydrogen-bond donors (Lipinski definition) is 0. The minimum absolute atomic E-state index is 0.0307. The Hall–Kier alpha value is -2.60. The third-order valence-electron chi connectivity index (χ3n) is 4.38. The second kappa shape index (κ2) is 5.55. The first-order chi connectivity index (χ1) is 11.2. The summed E-state index contributed by atoms with van der Waals surface area (Å²) in [6, 6.07) is 7.70. The molecule has 4 heterocycles. The second-order valence-corrected chi connectivity index (χ2v) is 5.77. The second-order valence-electron chi connectivity index (χ2n) is 5.77. The van der Waals surface area contributed by atoms with Gasteiger partial charge >= 0.3 is 0 Å². The lowest BCUT2D eigenvalue weighted by atomic mass is 10.1. The summed E-state index contributed by atoms with van der Waals surface area (Å²) in [5.41, 5.74) is 2.68. The molecule has 3 aromatic rings. The van der Waals surface area contributed by atoms with E-state index in [4.69, 9.17) is 4.74 Å². The number of fused-ring (bicyclic) bond motifs is 1. The molecule has 0 N–H and O–H groups in total. The molecule has 1 saturated heterocycles. The average molecular weight is 310 g/mol. The molecular formula is C17H18N4O2. The van der Waals surface area contributed by atoms with Crippen LogP contribution in [0, 0.1) is 0 Å². The Labute approximate surface area is 133 Å². The van der Waals surface area contributed by atoms with Crippen LogP contribution in [0.1, 0.15) is 22.1 Å². The van der Waals surface area contributed by atoms with E-state index < -0.39 is 0 Å². The topological polar surface area (TPSA) is 51.8 Å². The zero-order valence-electron chi connectivity index (χ0n) is 12.9. The summed E-state index contributed by atoms with van der Waals surface area (Å²) in [5, 5.41) is 0. The molecule has 0 saturated carbocycles. The van der Waals surface area contributed by atoms with Gasteiger partial charge in [0.1, 0.15) is 0 Å². The number of aromatic nitrogens is 3. The van der Waals surface area contributed by atoms with E-state index in [1.807, 2.05) is 57.6 Å². The molecule has 118 valence electrons. The van der Waals surface area contributed by atoms with Crippen LogP contribution in [0.3, 0.4) is 0 Å². The van der Waals surface area contributed by atoms with Gasteiger partial charge in [-0.2, -0.15) is 0 Å². The van der Waals surface area contributed by atoms with Crippen LogP contribution in [0.15, 0.2) is 49.2 Å². The van der Waals surface area contributed by atoms with Crippen molar-refractivity contribution in [3.8, 4) is 0 Å². The predicted molar refractivity (Wildman–Crippen MR) is 85.2 cm³/mol. The number of morpholine rings is 1. The van der Waals surface area contributed by atoms with E-state index in [1.165, 1.54) is 0 Å². The van der Waals surface area contributed by atoms with Gasteiger partial charge in [0.25, 0.3) is 5.91 Å². The summed E-state index contributed by atoms with van der Waals surface area (Å²) in [6.45, 7) is 1.69. The van der Waals surface area contributed by atoms with Gasteiger partial charge in [-0.1, -0.05) is 0 Å². The predicted octanol–water partition coefficient (Wildman–Crippen LogP) is 1.89. The van der Waals surface area contributed by atoms with Gasteiger partial charge in [-0.3, -0.25) is 4.79 Å². The number of pyridine rings is 1. The molecule has 6 heteroatoms. The zero-order chi connectivity index (χ0) is 15.8. The number of carbonyl (C=O) groups is 1. The van der Waals surface area contributed by atoms with Crippen molar-refractivity contribution in [3.63, 3.8) is 0 Å². The Morgan fingerprint density at radius 1 is 1.35 bits per heavy atom. The van der Waals surface area contributed by atoms with Crippen LogP contribution in [0.5, 0.6) is 0 Å². The fourth-order valence-electron chi connectivity index (χ4n) is 3.13. The summed E-state index contributed by atoms with van der Waals surface area (Å²) in [7, 11) is 1.99. The SMILES string of the molecule is Cn1cccc1[C@@H]1COCCN1C(=O)c1ccn2cncc2c1. The highest BCUT2D eigenvalue weighted by Crippen LogP contribution is 2.26. The summed E-state index contributed by atoms with van der Waals surface area (Å²) in [5.74, 6) is 0.0307. The molecule has 1 aliphatic rings. The Balaban J connectivity index is 1.68. The number of amides is 1. The van der Waals surface area contributed by atoms with Crippen molar-refractivity contribution in [2.24, 2.45) is 7.05 Å². The number of imidazole rings is 1. The standard InChI is InChI=1S/C17H18N4O2/c1-19-5-2-3-15(19)16-11-23-8-7-21(16)17(22)13-4-6-20-12-18-10-14(20)9-13/h2-6,9-10,12,16H,7-8,11H2,1H3/t16-/m0/s1. The first-order valence-electron chi connectivity index (χ1n) is 7.66. The number of ether oxygens (including phenoxy) is 1. The number of hydrogen-bond acceptors (Lipinski definition) is 3. The van der Waals surface area contributed by atoms with Gasteiger partial charge in [-0.05, 0) is 24.3 Å². The smallest absolute Gasteiger partial charge is 0.254 e. The molecule has 1 amide bonds. The van der Waals surface area contributed by atoms with Crippen molar-refractivity contribution in [1.29, 1.82) is 0 Å². The highest BCUT2D eigenvalue weighted by Gasteiger charge is 2.30. The largest absolute Gasteiger partial charge is 0.377 e. The van der Waals surface area contributed by atoms with E-state index in [0.717, 1.165) is 11.2 Å². The van der Waals surface area contributed by atoms with Crippen LogP contribution >= 0.6 is 0 Å². The third kappa shape index (κ3) is 2.41. The van der Waals surface area contributed by atoms with E-state index in [1.54, 1.807) is 12.5 Å². The van der Waals surface area contributed by atoms with E-state index in [-0.39, 0.29) is 11.9 Å². The molecule has 0 spiro atoms. The molecule has 1 atom stereocenters. The molecule has 6 nitrogen and oxygen atoms in total. The monoisotopic (exact) mass is 310 g/mol. The Bertz CT molecular complexity index is 851. The maximum Gasteiger partial charge on any atom is 0.254 e. The van der Waals surface area contributed by atoms with E-state index >= 15 is 0 Å². The lowest BCUT2D eigenvalue weighted by molar-refractivity contribution is -0.00463. The zero-order valence-corrected chi connectivity index (χ0v) is 12.9. The van der Waals surface area contributed by atoms with Gasteiger partial charge in [0.05, 0.1) is 37.3 Å². The van der Waals surface area contributed by atoms with Crippen molar-refractivity contribution in [1.82, 2.24) is 18.9 Å². The molecule has 0 radical (unpaired) electrons. The molecular weight excluding hydrogens is 292 g/mol. The Kier molecular flexibility index (Phi) is 3.38. The number of carbonyl (C=O) groups excluding carboxylic acids is 1. The summed E-state index contributed by atoms with van der Waals surface area (Å²) >= 11 is 0. The van der Waals surface area contributed by atoms with Crippen molar-refractivity contribution >= 4 is 11.4 Å². The molecule has 1 fully saturated rings. The van der Waals surface area contributed by atoms with Gasteiger partial charge < -0.3 is 18.6 Å². The van der Waals surface area contributed by atoms with Crippen LogP contribution in [-0.4, -0.2) is 44.5 Å². The first kappa shape index (κ1) is 14.0. The Morgan fingerprint density at radius 3 is 3.09 bits per heavy atom. The summed E-state index contributed by atoms with van der Waals surface area (Å²) in [6.07, 6.45) is 7.34.